The van der Waals surface area contributed by atoms with Crippen LogP contribution in [0, 0.1) is 14.9 Å². The molecule has 16 heavy (non-hydrogen) atoms. The van der Waals surface area contributed by atoms with Crippen molar-refractivity contribution >= 4 is 40.1 Å². The second-order valence-electron chi connectivity index (χ2n) is 3.12. The van der Waals surface area contributed by atoms with E-state index in [-0.39, 0.29) is 11.8 Å². The van der Waals surface area contributed by atoms with Crippen LogP contribution in [-0.2, 0) is 9.59 Å². The van der Waals surface area contributed by atoms with Gasteiger partial charge in [0.05, 0.1) is 11.3 Å². The number of nitriles is 1. The fraction of sp³-hybridized carbons (Fsp3) is 0. The second kappa shape index (κ2) is 4.06. The van der Waals surface area contributed by atoms with E-state index in [2.05, 4.69) is 0 Å². The van der Waals surface area contributed by atoms with Crippen LogP contribution >= 0.6 is 22.6 Å². The van der Waals surface area contributed by atoms with Gasteiger partial charge in [-0.3, -0.25) is 9.59 Å². The molecule has 1 aromatic rings. The zero-order valence-corrected chi connectivity index (χ0v) is 10.1. The first kappa shape index (κ1) is 10.8. The number of hydrogen-bond donors (Lipinski definition) is 0. The Balaban J connectivity index is 2.44. The number of rotatable bonds is 1. The first-order valence-corrected chi connectivity index (χ1v) is 5.47. The van der Waals surface area contributed by atoms with Gasteiger partial charge in [-0.15, -0.1) is 0 Å². The molecule has 1 heterocycles. The molecule has 1 aliphatic heterocycles. The van der Waals surface area contributed by atoms with Crippen molar-refractivity contribution < 1.29 is 9.59 Å². The number of benzene rings is 1. The minimum absolute atomic E-state index is 0.356. The molecular formula is C11H5IN2O2. The van der Waals surface area contributed by atoms with Crippen LogP contribution in [0.2, 0.25) is 0 Å². The Kier molecular flexibility index (Phi) is 2.75. The first-order chi connectivity index (χ1) is 7.63. The van der Waals surface area contributed by atoms with E-state index in [4.69, 9.17) is 5.26 Å². The average molecular weight is 324 g/mol. The summed E-state index contributed by atoms with van der Waals surface area (Å²) in [5.41, 5.74) is 1.01. The maximum Gasteiger partial charge on any atom is 0.258 e. The lowest BCUT2D eigenvalue weighted by atomic mass is 10.2. The lowest BCUT2D eigenvalue weighted by molar-refractivity contribution is -0.119. The largest absolute Gasteiger partial charge is 0.269 e. The summed E-state index contributed by atoms with van der Waals surface area (Å²) in [4.78, 5) is 23.9. The molecule has 5 heteroatoms. The van der Waals surface area contributed by atoms with Crippen LogP contribution in [0.1, 0.15) is 5.56 Å². The molecule has 0 spiro atoms. The third-order valence-electron chi connectivity index (χ3n) is 2.14. The Labute approximate surface area is 105 Å². The van der Waals surface area contributed by atoms with E-state index in [1.54, 1.807) is 18.2 Å². The predicted octanol–water partition coefficient (Wildman–Crippen LogP) is 1.59. The molecule has 1 aromatic carbocycles. The fourth-order valence-corrected chi connectivity index (χ4v) is 2.01. The molecular weight excluding hydrogens is 319 g/mol. The predicted molar refractivity (Wildman–Crippen MR) is 65.5 cm³/mol. The summed E-state index contributed by atoms with van der Waals surface area (Å²) in [7, 11) is 0. The van der Waals surface area contributed by atoms with E-state index in [0.29, 0.717) is 14.8 Å². The molecule has 4 nitrogen and oxygen atoms in total. The minimum atomic E-state index is -0.356. The third kappa shape index (κ3) is 1.72. The number of halogens is 1. The summed E-state index contributed by atoms with van der Waals surface area (Å²) in [5.74, 6) is -0.712. The highest BCUT2D eigenvalue weighted by atomic mass is 127. The molecule has 0 N–H and O–H groups in total. The highest BCUT2D eigenvalue weighted by Gasteiger charge is 2.25. The van der Waals surface area contributed by atoms with Gasteiger partial charge in [0.25, 0.3) is 11.8 Å². The molecule has 0 radical (unpaired) electrons. The zero-order chi connectivity index (χ0) is 11.7. The summed E-state index contributed by atoms with van der Waals surface area (Å²) in [6.07, 6.45) is 2.46. The van der Waals surface area contributed by atoms with E-state index in [0.717, 1.165) is 4.90 Å². The topological polar surface area (TPSA) is 61.2 Å². The molecule has 1 aliphatic rings. The van der Waals surface area contributed by atoms with Crippen molar-refractivity contribution in [2.45, 2.75) is 0 Å². The zero-order valence-electron chi connectivity index (χ0n) is 7.98. The summed E-state index contributed by atoms with van der Waals surface area (Å²) in [6.45, 7) is 0. The van der Waals surface area contributed by atoms with E-state index >= 15 is 0 Å². The van der Waals surface area contributed by atoms with Crippen molar-refractivity contribution in [3.8, 4) is 6.07 Å². The molecule has 0 bridgehead atoms. The molecule has 0 aromatic heterocycles. The van der Waals surface area contributed by atoms with Gasteiger partial charge in [-0.25, -0.2) is 4.90 Å². The molecule has 0 atom stereocenters. The van der Waals surface area contributed by atoms with E-state index < -0.39 is 0 Å². The molecule has 0 unspecified atom stereocenters. The van der Waals surface area contributed by atoms with Crippen molar-refractivity contribution in [1.29, 1.82) is 5.26 Å². The van der Waals surface area contributed by atoms with Crippen LogP contribution in [0.5, 0.6) is 0 Å². The molecule has 0 aliphatic carbocycles. The normalized spacial score (nSPS) is 14.4. The molecule has 2 rings (SSSR count). The van der Waals surface area contributed by atoms with Gasteiger partial charge in [-0.2, -0.15) is 5.26 Å². The smallest absolute Gasteiger partial charge is 0.258 e. The lowest BCUT2D eigenvalue weighted by Crippen LogP contribution is -2.29. The second-order valence-corrected chi connectivity index (χ2v) is 4.28. The van der Waals surface area contributed by atoms with E-state index in [1.807, 2.05) is 28.7 Å². The highest BCUT2D eigenvalue weighted by Crippen LogP contribution is 2.23. The van der Waals surface area contributed by atoms with Crippen LogP contribution < -0.4 is 4.90 Å². The van der Waals surface area contributed by atoms with Gasteiger partial charge < -0.3 is 0 Å². The minimum Gasteiger partial charge on any atom is -0.269 e. The van der Waals surface area contributed by atoms with Gasteiger partial charge in [0.2, 0.25) is 0 Å². The lowest BCUT2D eigenvalue weighted by Gasteiger charge is -2.14. The SMILES string of the molecule is N#Cc1ccc(N2C(=O)C=CC2=O)cc1I. The molecule has 0 saturated heterocycles. The summed E-state index contributed by atoms with van der Waals surface area (Å²) in [6, 6.07) is 6.84. The van der Waals surface area contributed by atoms with Crippen molar-refractivity contribution in [1.82, 2.24) is 0 Å². The first-order valence-electron chi connectivity index (χ1n) is 4.39. The van der Waals surface area contributed by atoms with Crippen molar-refractivity contribution in [3.63, 3.8) is 0 Å². The number of hydrogen-bond acceptors (Lipinski definition) is 3. The third-order valence-corrected chi connectivity index (χ3v) is 3.03. The maximum atomic E-state index is 11.4. The number of anilines is 1. The van der Waals surface area contributed by atoms with Crippen LogP contribution in [-0.4, -0.2) is 11.8 Å². The van der Waals surface area contributed by atoms with Crippen molar-refractivity contribution in [2.24, 2.45) is 0 Å². The maximum absolute atomic E-state index is 11.4. The van der Waals surface area contributed by atoms with Crippen LogP contribution in [0.25, 0.3) is 0 Å². The fourth-order valence-electron chi connectivity index (χ4n) is 1.39. The van der Waals surface area contributed by atoms with Gasteiger partial charge in [-0.05, 0) is 40.8 Å². The summed E-state index contributed by atoms with van der Waals surface area (Å²) < 4.78 is 0.713. The Morgan fingerprint density at radius 2 is 1.81 bits per heavy atom. The number of carbonyl (C=O) groups excluding carboxylic acids is 2. The monoisotopic (exact) mass is 324 g/mol. The Hall–Kier alpha value is -1.68. The summed E-state index contributed by atoms with van der Waals surface area (Å²) >= 11 is 1.99. The Bertz CT molecular complexity index is 540. The van der Waals surface area contributed by atoms with Crippen LogP contribution in [0.4, 0.5) is 5.69 Å². The Morgan fingerprint density at radius 3 is 2.31 bits per heavy atom. The van der Waals surface area contributed by atoms with E-state index in [9.17, 15) is 9.59 Å². The van der Waals surface area contributed by atoms with Crippen LogP contribution in [0.3, 0.4) is 0 Å². The molecule has 0 saturated carbocycles. The number of imide groups is 1. The average Bonchev–Trinajstić information content (AvgIpc) is 2.58. The van der Waals surface area contributed by atoms with Crippen LogP contribution in [0.15, 0.2) is 30.4 Å². The Morgan fingerprint density at radius 1 is 1.19 bits per heavy atom. The van der Waals surface area contributed by atoms with Gasteiger partial charge in [0.15, 0.2) is 0 Å². The molecule has 0 fully saturated rings. The number of nitrogens with zero attached hydrogens (tertiary/aromatic N) is 2. The van der Waals surface area contributed by atoms with Gasteiger partial charge in [0.1, 0.15) is 6.07 Å². The van der Waals surface area contributed by atoms with E-state index in [1.165, 1.54) is 12.2 Å². The van der Waals surface area contributed by atoms with Gasteiger partial charge >= 0.3 is 0 Å². The standard InChI is InChI=1S/C11H5IN2O2/c12-9-5-8(2-1-7(9)6-13)14-10(15)3-4-11(14)16/h1-5H. The highest BCUT2D eigenvalue weighted by molar-refractivity contribution is 14.1. The quantitative estimate of drug-likeness (QED) is 0.582. The van der Waals surface area contributed by atoms with Crippen molar-refractivity contribution in [2.75, 3.05) is 4.90 Å². The number of carbonyl (C=O) groups is 2. The van der Waals surface area contributed by atoms with Crippen molar-refractivity contribution in [3.05, 3.63) is 39.5 Å². The number of amides is 2. The molecule has 78 valence electrons. The summed E-state index contributed by atoms with van der Waals surface area (Å²) in [5, 5.41) is 8.76. The molecule has 2 amide bonds. The van der Waals surface area contributed by atoms with Gasteiger partial charge in [0, 0.05) is 15.7 Å². The van der Waals surface area contributed by atoms with Gasteiger partial charge in [-0.1, -0.05) is 0 Å².